The highest BCUT2D eigenvalue weighted by Gasteiger charge is 2.39. The van der Waals surface area contributed by atoms with Gasteiger partial charge < -0.3 is 14.5 Å². The molecule has 2 aliphatic rings. The van der Waals surface area contributed by atoms with Crippen LogP contribution < -0.4 is 0 Å². The summed E-state index contributed by atoms with van der Waals surface area (Å²) in [4.78, 5) is 29.1. The number of nitrogens with zero attached hydrogens (tertiary/aromatic N) is 2. The summed E-state index contributed by atoms with van der Waals surface area (Å²) in [5.74, 6) is 0.861. The van der Waals surface area contributed by atoms with Crippen LogP contribution in [0.25, 0.3) is 0 Å². The van der Waals surface area contributed by atoms with Gasteiger partial charge >= 0.3 is 0 Å². The lowest BCUT2D eigenvalue weighted by molar-refractivity contribution is -0.145. The van der Waals surface area contributed by atoms with E-state index < -0.39 is 0 Å². The maximum absolute atomic E-state index is 12.8. The molecule has 2 amide bonds. The van der Waals surface area contributed by atoms with Crippen LogP contribution in [0.3, 0.4) is 0 Å². The Hall–Kier alpha value is -1.10. The number of carbonyl (C=O) groups excluding carboxylic acids is 2. The Labute approximate surface area is 140 Å². The van der Waals surface area contributed by atoms with Crippen molar-refractivity contribution in [3.05, 3.63) is 0 Å². The van der Waals surface area contributed by atoms with E-state index in [0.29, 0.717) is 32.2 Å². The smallest absolute Gasteiger partial charge is 0.228 e. The van der Waals surface area contributed by atoms with Crippen LogP contribution in [0.2, 0.25) is 0 Å². The molecule has 132 valence electrons. The van der Waals surface area contributed by atoms with Gasteiger partial charge in [0.15, 0.2) is 0 Å². The second-order valence-corrected chi connectivity index (χ2v) is 8.65. The first kappa shape index (κ1) is 18.2. The Morgan fingerprint density at radius 3 is 2.13 bits per heavy atom. The van der Waals surface area contributed by atoms with Gasteiger partial charge in [0, 0.05) is 37.0 Å². The third-order valence-electron chi connectivity index (χ3n) is 4.89. The average Bonchev–Trinajstić information content (AvgIpc) is 2.93. The number of morpholine rings is 1. The maximum atomic E-state index is 12.8. The Balaban J connectivity index is 1.91. The number of hydrogen-bond acceptors (Lipinski definition) is 3. The van der Waals surface area contributed by atoms with Gasteiger partial charge in [-0.2, -0.15) is 0 Å². The van der Waals surface area contributed by atoms with Crippen molar-refractivity contribution in [2.24, 2.45) is 16.7 Å². The molecule has 23 heavy (non-hydrogen) atoms. The van der Waals surface area contributed by atoms with Gasteiger partial charge in [-0.1, -0.05) is 34.6 Å². The first-order valence-corrected chi connectivity index (χ1v) is 8.78. The minimum absolute atomic E-state index is 0.220. The molecule has 0 aliphatic carbocycles. The molecule has 2 saturated heterocycles. The van der Waals surface area contributed by atoms with Gasteiger partial charge in [0.1, 0.15) is 0 Å². The number of rotatable bonds is 3. The van der Waals surface area contributed by atoms with Crippen LogP contribution in [0.5, 0.6) is 0 Å². The standard InChI is InChI=1S/C18H32N2O3/c1-17(2,3)15(21)20-7-6-14(13-20)12-18(4,5)16(22)19-8-10-23-11-9-19/h14H,6-13H2,1-5H3. The molecule has 5 heteroatoms. The van der Waals surface area contributed by atoms with Crippen LogP contribution in [0.1, 0.15) is 47.5 Å². The number of ether oxygens (including phenoxy) is 1. The van der Waals surface area contributed by atoms with E-state index in [0.717, 1.165) is 25.9 Å². The molecular formula is C18H32N2O3. The zero-order chi connectivity index (χ0) is 17.3. The molecule has 0 radical (unpaired) electrons. The minimum atomic E-state index is -0.372. The van der Waals surface area contributed by atoms with Crippen molar-refractivity contribution in [2.45, 2.75) is 47.5 Å². The molecule has 0 saturated carbocycles. The van der Waals surface area contributed by atoms with E-state index in [1.807, 2.05) is 44.4 Å². The number of amides is 2. The number of carbonyl (C=O) groups is 2. The van der Waals surface area contributed by atoms with Crippen molar-refractivity contribution < 1.29 is 14.3 Å². The predicted octanol–water partition coefficient (Wildman–Crippen LogP) is 2.16. The Morgan fingerprint density at radius 2 is 1.57 bits per heavy atom. The third kappa shape index (κ3) is 4.46. The molecule has 0 bridgehead atoms. The summed E-state index contributed by atoms with van der Waals surface area (Å²) in [5.41, 5.74) is -0.698. The van der Waals surface area contributed by atoms with Gasteiger partial charge in [-0.25, -0.2) is 0 Å². The molecule has 1 atom stereocenters. The Bertz CT molecular complexity index is 448. The topological polar surface area (TPSA) is 49.9 Å². The SMILES string of the molecule is CC(C)(C)C(=O)N1CCC(CC(C)(C)C(=O)N2CCOCC2)C1. The highest BCUT2D eigenvalue weighted by atomic mass is 16.5. The zero-order valence-electron chi connectivity index (χ0n) is 15.4. The van der Waals surface area contributed by atoms with Crippen molar-refractivity contribution in [1.82, 2.24) is 9.80 Å². The van der Waals surface area contributed by atoms with Gasteiger partial charge in [0.05, 0.1) is 13.2 Å². The fraction of sp³-hybridized carbons (Fsp3) is 0.889. The van der Waals surface area contributed by atoms with Crippen LogP contribution in [0.15, 0.2) is 0 Å². The summed E-state index contributed by atoms with van der Waals surface area (Å²) in [5, 5.41) is 0. The fourth-order valence-electron chi connectivity index (χ4n) is 3.66. The van der Waals surface area contributed by atoms with Gasteiger partial charge in [-0.3, -0.25) is 9.59 Å². The van der Waals surface area contributed by atoms with E-state index in [4.69, 9.17) is 4.74 Å². The Kier molecular flexibility index (Phi) is 5.39. The van der Waals surface area contributed by atoms with Gasteiger partial charge in [-0.05, 0) is 18.8 Å². The third-order valence-corrected chi connectivity index (χ3v) is 4.89. The quantitative estimate of drug-likeness (QED) is 0.799. The molecule has 2 fully saturated rings. The molecule has 2 heterocycles. The summed E-state index contributed by atoms with van der Waals surface area (Å²) in [6, 6.07) is 0. The second-order valence-electron chi connectivity index (χ2n) is 8.65. The maximum Gasteiger partial charge on any atom is 0.228 e. The van der Waals surface area contributed by atoms with Crippen molar-refractivity contribution in [3.8, 4) is 0 Å². The molecule has 2 aliphatic heterocycles. The second kappa shape index (κ2) is 6.80. The Morgan fingerprint density at radius 1 is 0.957 bits per heavy atom. The van der Waals surface area contributed by atoms with Crippen LogP contribution in [-0.4, -0.2) is 61.0 Å². The summed E-state index contributed by atoms with van der Waals surface area (Å²) < 4.78 is 5.33. The predicted molar refractivity (Wildman–Crippen MR) is 89.9 cm³/mol. The monoisotopic (exact) mass is 324 g/mol. The van der Waals surface area contributed by atoms with Crippen LogP contribution in [0, 0.1) is 16.7 Å². The first-order chi connectivity index (χ1) is 10.6. The van der Waals surface area contributed by atoms with E-state index in [9.17, 15) is 9.59 Å². The summed E-state index contributed by atoms with van der Waals surface area (Å²) in [6.45, 7) is 14.3. The molecule has 0 aromatic carbocycles. The molecule has 0 aromatic heterocycles. The number of likely N-dealkylation sites (tertiary alicyclic amines) is 1. The fourth-order valence-corrected chi connectivity index (χ4v) is 3.66. The van der Waals surface area contributed by atoms with E-state index >= 15 is 0 Å². The van der Waals surface area contributed by atoms with Crippen molar-refractivity contribution >= 4 is 11.8 Å². The highest BCUT2D eigenvalue weighted by molar-refractivity contribution is 5.82. The van der Waals surface area contributed by atoms with E-state index in [1.54, 1.807) is 0 Å². The molecule has 1 unspecified atom stereocenters. The molecule has 0 spiro atoms. The van der Waals surface area contributed by atoms with Gasteiger partial charge in [0.25, 0.3) is 0 Å². The summed E-state index contributed by atoms with van der Waals surface area (Å²) in [6.07, 6.45) is 1.85. The van der Waals surface area contributed by atoms with Crippen molar-refractivity contribution in [1.29, 1.82) is 0 Å². The molecule has 5 nitrogen and oxygen atoms in total. The zero-order valence-corrected chi connectivity index (χ0v) is 15.4. The normalized spacial score (nSPS) is 23.3. The lowest BCUT2D eigenvalue weighted by Crippen LogP contribution is -2.47. The van der Waals surface area contributed by atoms with Gasteiger partial charge in [0.2, 0.25) is 11.8 Å². The van der Waals surface area contributed by atoms with Gasteiger partial charge in [-0.15, -0.1) is 0 Å². The summed E-state index contributed by atoms with van der Waals surface area (Å²) >= 11 is 0. The minimum Gasteiger partial charge on any atom is -0.378 e. The van der Waals surface area contributed by atoms with Crippen LogP contribution >= 0.6 is 0 Å². The number of hydrogen-bond donors (Lipinski definition) is 0. The molecule has 2 rings (SSSR count). The van der Waals surface area contributed by atoms with Crippen LogP contribution in [-0.2, 0) is 14.3 Å². The largest absolute Gasteiger partial charge is 0.378 e. The molecule has 0 N–H and O–H groups in total. The molecule has 0 aromatic rings. The van der Waals surface area contributed by atoms with E-state index in [2.05, 4.69) is 0 Å². The molecular weight excluding hydrogens is 292 g/mol. The average molecular weight is 324 g/mol. The van der Waals surface area contributed by atoms with Crippen molar-refractivity contribution in [2.75, 3.05) is 39.4 Å². The lowest BCUT2D eigenvalue weighted by atomic mass is 9.81. The first-order valence-electron chi connectivity index (χ1n) is 8.78. The van der Waals surface area contributed by atoms with E-state index in [-0.39, 0.29) is 22.6 Å². The van der Waals surface area contributed by atoms with Crippen LogP contribution in [0.4, 0.5) is 0 Å². The van der Waals surface area contributed by atoms with E-state index in [1.165, 1.54) is 0 Å². The lowest BCUT2D eigenvalue weighted by Gasteiger charge is -2.35. The van der Waals surface area contributed by atoms with Crippen molar-refractivity contribution in [3.63, 3.8) is 0 Å². The highest BCUT2D eigenvalue weighted by Crippen LogP contribution is 2.34. The summed E-state index contributed by atoms with van der Waals surface area (Å²) in [7, 11) is 0.